The van der Waals surface area contributed by atoms with Gasteiger partial charge in [-0.1, -0.05) is 23.9 Å². The molecule has 0 bridgehead atoms. The van der Waals surface area contributed by atoms with E-state index in [1.165, 1.54) is 18.9 Å². The van der Waals surface area contributed by atoms with Crippen LogP contribution in [0, 0.1) is 0 Å². The van der Waals surface area contributed by atoms with E-state index in [-0.39, 0.29) is 11.8 Å². The molecule has 0 saturated heterocycles. The van der Waals surface area contributed by atoms with E-state index in [2.05, 4.69) is 10.3 Å². The van der Waals surface area contributed by atoms with Crippen LogP contribution in [0.15, 0.2) is 70.7 Å². The van der Waals surface area contributed by atoms with Crippen molar-refractivity contribution in [2.75, 3.05) is 23.9 Å². The number of benzene rings is 2. The zero-order valence-electron chi connectivity index (χ0n) is 16.0. The smallest absolute Gasteiger partial charge is 0.261 e. The standard InChI is InChI=1S/C22H19N3O3S/c1-3-25-17-11-10-14(24-20(26)15-7-4-5-9-18(15)28-2)13-19(17)29-21-16(22(25)27)8-6-12-23-21/h4-13H,3H2,1-2H3,(H,24,26). The molecule has 3 aromatic rings. The average Bonchev–Trinajstić information content (AvgIpc) is 2.87. The van der Waals surface area contributed by atoms with E-state index in [1.54, 1.807) is 47.5 Å². The van der Waals surface area contributed by atoms with Crippen molar-refractivity contribution >= 4 is 35.0 Å². The van der Waals surface area contributed by atoms with Gasteiger partial charge in [0.1, 0.15) is 10.8 Å². The molecular weight excluding hydrogens is 386 g/mol. The lowest BCUT2D eigenvalue weighted by Gasteiger charge is -2.21. The number of hydrogen-bond acceptors (Lipinski definition) is 5. The number of pyridine rings is 1. The zero-order chi connectivity index (χ0) is 20.4. The Morgan fingerprint density at radius 3 is 2.79 bits per heavy atom. The van der Waals surface area contributed by atoms with E-state index in [0.29, 0.717) is 34.1 Å². The molecule has 4 rings (SSSR count). The molecule has 7 heteroatoms. The maximum absolute atomic E-state index is 12.9. The van der Waals surface area contributed by atoms with Crippen LogP contribution in [0.3, 0.4) is 0 Å². The topological polar surface area (TPSA) is 71.5 Å². The highest BCUT2D eigenvalue weighted by Gasteiger charge is 2.27. The van der Waals surface area contributed by atoms with Crippen LogP contribution < -0.4 is 15.0 Å². The minimum Gasteiger partial charge on any atom is -0.496 e. The van der Waals surface area contributed by atoms with Crippen LogP contribution in [0.4, 0.5) is 11.4 Å². The van der Waals surface area contributed by atoms with Crippen LogP contribution in [0.25, 0.3) is 0 Å². The number of amides is 2. The van der Waals surface area contributed by atoms with Crippen molar-refractivity contribution < 1.29 is 14.3 Å². The summed E-state index contributed by atoms with van der Waals surface area (Å²) in [6.45, 7) is 2.47. The van der Waals surface area contributed by atoms with Crippen molar-refractivity contribution in [3.63, 3.8) is 0 Å². The lowest BCUT2D eigenvalue weighted by Crippen LogP contribution is -2.30. The summed E-state index contributed by atoms with van der Waals surface area (Å²) in [6.07, 6.45) is 1.67. The Kier molecular flexibility index (Phi) is 5.22. The average molecular weight is 405 g/mol. The van der Waals surface area contributed by atoms with Crippen molar-refractivity contribution in [3.8, 4) is 5.75 Å². The molecule has 146 valence electrons. The highest BCUT2D eigenvalue weighted by atomic mass is 32.2. The molecule has 2 aromatic carbocycles. The summed E-state index contributed by atoms with van der Waals surface area (Å²) in [5.74, 6) is 0.172. The van der Waals surface area contributed by atoms with Gasteiger partial charge in [-0.2, -0.15) is 0 Å². The highest BCUT2D eigenvalue weighted by Crippen LogP contribution is 2.41. The first-order valence-electron chi connectivity index (χ1n) is 9.15. The number of anilines is 2. The lowest BCUT2D eigenvalue weighted by atomic mass is 10.1. The molecule has 0 aliphatic carbocycles. The van der Waals surface area contributed by atoms with Gasteiger partial charge in [0.2, 0.25) is 0 Å². The van der Waals surface area contributed by atoms with Gasteiger partial charge in [0.25, 0.3) is 11.8 Å². The Labute approximate surface area is 172 Å². The molecule has 1 aliphatic rings. The predicted molar refractivity (Wildman–Crippen MR) is 113 cm³/mol. The summed E-state index contributed by atoms with van der Waals surface area (Å²) in [4.78, 5) is 32.6. The molecule has 1 N–H and O–H groups in total. The number of fused-ring (bicyclic) bond motifs is 2. The van der Waals surface area contributed by atoms with Crippen molar-refractivity contribution in [1.29, 1.82) is 0 Å². The number of methoxy groups -OCH3 is 1. The Hall–Kier alpha value is -3.32. The van der Waals surface area contributed by atoms with Gasteiger partial charge >= 0.3 is 0 Å². The van der Waals surface area contributed by atoms with Crippen LogP contribution in [-0.2, 0) is 0 Å². The molecule has 0 radical (unpaired) electrons. The number of hydrogen-bond donors (Lipinski definition) is 1. The normalized spacial score (nSPS) is 12.6. The highest BCUT2D eigenvalue weighted by molar-refractivity contribution is 7.99. The number of para-hydroxylation sites is 1. The fourth-order valence-electron chi connectivity index (χ4n) is 3.24. The molecule has 0 unspecified atom stereocenters. The van der Waals surface area contributed by atoms with Crippen LogP contribution in [-0.4, -0.2) is 30.5 Å². The second kappa shape index (κ2) is 7.97. The van der Waals surface area contributed by atoms with Gasteiger partial charge in [-0.05, 0) is 49.4 Å². The maximum Gasteiger partial charge on any atom is 0.261 e. The van der Waals surface area contributed by atoms with Crippen molar-refractivity contribution in [2.45, 2.75) is 16.8 Å². The van der Waals surface area contributed by atoms with Gasteiger partial charge < -0.3 is 15.0 Å². The van der Waals surface area contributed by atoms with Crippen LogP contribution in [0.1, 0.15) is 27.6 Å². The Morgan fingerprint density at radius 1 is 1.17 bits per heavy atom. The third kappa shape index (κ3) is 3.56. The van der Waals surface area contributed by atoms with Crippen molar-refractivity contribution in [3.05, 3.63) is 71.9 Å². The first kappa shape index (κ1) is 19.0. The van der Waals surface area contributed by atoms with E-state index < -0.39 is 0 Å². The molecule has 0 saturated carbocycles. The van der Waals surface area contributed by atoms with Crippen LogP contribution in [0.2, 0.25) is 0 Å². The second-order valence-corrected chi connectivity index (χ2v) is 7.38. The largest absolute Gasteiger partial charge is 0.496 e. The minimum absolute atomic E-state index is 0.0762. The van der Waals surface area contributed by atoms with Crippen LogP contribution >= 0.6 is 11.8 Å². The number of carbonyl (C=O) groups is 2. The molecule has 6 nitrogen and oxygen atoms in total. The van der Waals surface area contributed by atoms with E-state index in [9.17, 15) is 9.59 Å². The first-order valence-corrected chi connectivity index (χ1v) is 9.97. The number of nitrogens with zero attached hydrogens (tertiary/aromatic N) is 2. The Morgan fingerprint density at radius 2 is 2.00 bits per heavy atom. The molecule has 2 heterocycles. The summed E-state index contributed by atoms with van der Waals surface area (Å²) < 4.78 is 5.27. The second-order valence-electron chi connectivity index (χ2n) is 6.34. The van der Waals surface area contributed by atoms with Crippen molar-refractivity contribution in [2.24, 2.45) is 0 Å². The number of rotatable bonds is 4. The molecule has 0 spiro atoms. The monoisotopic (exact) mass is 405 g/mol. The molecule has 29 heavy (non-hydrogen) atoms. The molecule has 0 fully saturated rings. The van der Waals surface area contributed by atoms with Gasteiger partial charge in [-0.15, -0.1) is 0 Å². The fraction of sp³-hybridized carbons (Fsp3) is 0.136. The van der Waals surface area contributed by atoms with Gasteiger partial charge in [0, 0.05) is 23.3 Å². The maximum atomic E-state index is 12.9. The number of aromatic nitrogens is 1. The molecule has 0 atom stereocenters. The number of ether oxygens (including phenoxy) is 1. The summed E-state index contributed by atoms with van der Waals surface area (Å²) in [6, 6.07) is 16.1. The predicted octanol–water partition coefficient (Wildman–Crippen LogP) is 4.47. The van der Waals surface area contributed by atoms with E-state index >= 15 is 0 Å². The quantitative estimate of drug-likeness (QED) is 0.693. The zero-order valence-corrected chi connectivity index (χ0v) is 16.8. The Balaban J connectivity index is 1.69. The number of carbonyl (C=O) groups excluding carboxylic acids is 2. The molecule has 1 aromatic heterocycles. The third-order valence-electron chi connectivity index (χ3n) is 4.63. The molecular formula is C22H19N3O3S. The summed E-state index contributed by atoms with van der Waals surface area (Å²) in [7, 11) is 1.53. The third-order valence-corrected chi connectivity index (χ3v) is 5.70. The summed E-state index contributed by atoms with van der Waals surface area (Å²) in [5, 5.41) is 3.57. The van der Waals surface area contributed by atoms with Gasteiger partial charge in [-0.3, -0.25) is 9.59 Å². The number of nitrogens with one attached hydrogen (secondary N) is 1. The van der Waals surface area contributed by atoms with E-state index in [4.69, 9.17) is 4.74 Å². The van der Waals surface area contributed by atoms with E-state index in [1.807, 2.05) is 25.1 Å². The first-order chi connectivity index (χ1) is 14.1. The lowest BCUT2D eigenvalue weighted by molar-refractivity contribution is 0.0983. The summed E-state index contributed by atoms with van der Waals surface area (Å²) >= 11 is 1.42. The summed E-state index contributed by atoms with van der Waals surface area (Å²) in [5.41, 5.74) is 2.47. The molecule has 2 amide bonds. The Bertz CT molecular complexity index is 1100. The van der Waals surface area contributed by atoms with Gasteiger partial charge in [-0.25, -0.2) is 4.98 Å². The van der Waals surface area contributed by atoms with E-state index in [0.717, 1.165) is 10.6 Å². The molecule has 1 aliphatic heterocycles. The van der Waals surface area contributed by atoms with Gasteiger partial charge in [0.05, 0.1) is 23.9 Å². The SMILES string of the molecule is CCN1C(=O)c2cccnc2Sc2cc(NC(=O)c3ccccc3OC)ccc21. The minimum atomic E-state index is -0.261. The van der Waals surface area contributed by atoms with Gasteiger partial charge in [0.15, 0.2) is 0 Å². The van der Waals surface area contributed by atoms with Crippen molar-refractivity contribution in [1.82, 2.24) is 4.98 Å². The van der Waals surface area contributed by atoms with Crippen LogP contribution in [0.5, 0.6) is 5.75 Å². The fourth-order valence-corrected chi connectivity index (χ4v) is 4.29.